The van der Waals surface area contributed by atoms with Gasteiger partial charge in [0.1, 0.15) is 17.4 Å². The molecule has 4 aromatic carbocycles. The van der Waals surface area contributed by atoms with Crippen LogP contribution in [0.4, 0.5) is 10.1 Å². The molecule has 0 fully saturated rings. The van der Waals surface area contributed by atoms with Gasteiger partial charge in [0, 0.05) is 34.4 Å². The zero-order chi connectivity index (χ0) is 26.6. The fourth-order valence-corrected chi connectivity index (χ4v) is 5.48. The van der Waals surface area contributed by atoms with Gasteiger partial charge in [-0.2, -0.15) is 0 Å². The van der Waals surface area contributed by atoms with Crippen LogP contribution in [0.1, 0.15) is 23.6 Å². The molecule has 0 saturated heterocycles. The molecule has 5 aromatic rings. The van der Waals surface area contributed by atoms with Crippen molar-refractivity contribution >= 4 is 50.4 Å². The maximum atomic E-state index is 13.3. The number of ether oxygens (including phenoxy) is 2. The molecule has 0 saturated carbocycles. The van der Waals surface area contributed by atoms with Crippen LogP contribution in [0.2, 0.25) is 10.0 Å². The number of fused-ring (bicyclic) bond motifs is 1. The van der Waals surface area contributed by atoms with Crippen molar-refractivity contribution in [3.05, 3.63) is 105 Å². The number of nitrogens with zero attached hydrogens (tertiary/aromatic N) is 1. The molecule has 0 bridgehead atoms. The maximum absolute atomic E-state index is 13.3. The Morgan fingerprint density at radius 1 is 0.868 bits per heavy atom. The molecule has 0 unspecified atom stereocenters. The van der Waals surface area contributed by atoms with Gasteiger partial charge in [-0.15, -0.1) is 11.3 Å². The van der Waals surface area contributed by atoms with Gasteiger partial charge in [0.25, 0.3) is 0 Å². The van der Waals surface area contributed by atoms with E-state index in [1.54, 1.807) is 23.5 Å². The number of halogens is 3. The van der Waals surface area contributed by atoms with Crippen molar-refractivity contribution < 1.29 is 13.9 Å². The van der Waals surface area contributed by atoms with Crippen LogP contribution in [0.25, 0.3) is 20.8 Å². The smallest absolute Gasteiger partial charge is 0.163 e. The Labute approximate surface area is 235 Å². The van der Waals surface area contributed by atoms with Crippen LogP contribution >= 0.6 is 34.5 Å². The molecule has 8 heteroatoms. The molecule has 1 aromatic heterocycles. The molecule has 0 aliphatic rings. The van der Waals surface area contributed by atoms with E-state index >= 15 is 0 Å². The highest BCUT2D eigenvalue weighted by Gasteiger charge is 2.13. The van der Waals surface area contributed by atoms with Crippen molar-refractivity contribution in [3.8, 4) is 22.1 Å². The second kappa shape index (κ2) is 11.6. The number of anilines is 1. The van der Waals surface area contributed by atoms with E-state index in [0.29, 0.717) is 40.3 Å². The molecule has 0 spiro atoms. The number of hydrogen-bond acceptors (Lipinski definition) is 5. The molecule has 0 atom stereocenters. The first-order valence-corrected chi connectivity index (χ1v) is 13.7. The van der Waals surface area contributed by atoms with Gasteiger partial charge in [0.05, 0.1) is 21.8 Å². The Kier molecular flexibility index (Phi) is 8.03. The topological polar surface area (TPSA) is 43.4 Å². The minimum absolute atomic E-state index is 0.160. The third-order valence-corrected chi connectivity index (χ3v) is 7.74. The van der Waals surface area contributed by atoms with Crippen molar-refractivity contribution in [2.45, 2.75) is 27.0 Å². The maximum Gasteiger partial charge on any atom is 0.163 e. The summed E-state index contributed by atoms with van der Waals surface area (Å²) in [6, 6.07) is 22.3. The Morgan fingerprint density at radius 3 is 2.39 bits per heavy atom. The molecule has 0 aliphatic carbocycles. The van der Waals surface area contributed by atoms with E-state index < -0.39 is 5.82 Å². The van der Waals surface area contributed by atoms with Crippen LogP contribution in [0.5, 0.6) is 11.5 Å². The Hall–Kier alpha value is -3.32. The summed E-state index contributed by atoms with van der Waals surface area (Å²) < 4.78 is 26.3. The van der Waals surface area contributed by atoms with E-state index in [4.69, 9.17) is 37.7 Å². The second-order valence-electron chi connectivity index (χ2n) is 8.77. The molecule has 0 amide bonds. The Bertz CT molecular complexity index is 1590. The standard InChI is InChI=1S/C30H25Cl2FN2O2S/c1-3-36-27-13-21(25(32)15-28(27)37-17-20-5-8-22(33)14-24(20)31)16-34-23-9-6-19(7-10-23)30-35-26-11-4-18(2)12-29(26)38-30/h4-15,34H,3,16-17H2,1-2H3. The summed E-state index contributed by atoms with van der Waals surface area (Å²) in [7, 11) is 0. The van der Waals surface area contributed by atoms with Gasteiger partial charge in [-0.05, 0) is 79.6 Å². The number of nitrogens with one attached hydrogen (secondary N) is 1. The van der Waals surface area contributed by atoms with Crippen LogP contribution in [-0.4, -0.2) is 11.6 Å². The summed E-state index contributed by atoms with van der Waals surface area (Å²) >= 11 is 14.4. The van der Waals surface area contributed by atoms with Crippen molar-refractivity contribution in [2.24, 2.45) is 0 Å². The lowest BCUT2D eigenvalue weighted by Gasteiger charge is -2.16. The normalized spacial score (nSPS) is 11.1. The first kappa shape index (κ1) is 26.3. The fourth-order valence-electron chi connectivity index (χ4n) is 3.97. The Balaban J connectivity index is 1.27. The Morgan fingerprint density at radius 2 is 1.63 bits per heavy atom. The molecule has 5 rings (SSSR count). The molecule has 4 nitrogen and oxygen atoms in total. The van der Waals surface area contributed by atoms with Gasteiger partial charge in [0.15, 0.2) is 11.5 Å². The van der Waals surface area contributed by atoms with Crippen LogP contribution in [0.15, 0.2) is 72.8 Å². The summed E-state index contributed by atoms with van der Waals surface area (Å²) in [5, 5.41) is 5.27. The first-order valence-electron chi connectivity index (χ1n) is 12.1. The number of aromatic nitrogens is 1. The average Bonchev–Trinajstić information content (AvgIpc) is 3.32. The minimum Gasteiger partial charge on any atom is -0.490 e. The molecule has 38 heavy (non-hydrogen) atoms. The van der Waals surface area contributed by atoms with Crippen LogP contribution in [-0.2, 0) is 13.2 Å². The zero-order valence-electron chi connectivity index (χ0n) is 20.9. The van der Waals surface area contributed by atoms with E-state index in [1.807, 2.05) is 25.1 Å². The third kappa shape index (κ3) is 6.04. The summed E-state index contributed by atoms with van der Waals surface area (Å²) in [6.45, 7) is 5.13. The molecular formula is C30H25Cl2FN2O2S. The summed E-state index contributed by atoms with van der Waals surface area (Å²) in [6.07, 6.45) is 0. The van der Waals surface area contributed by atoms with Crippen LogP contribution in [0.3, 0.4) is 0 Å². The fraction of sp³-hybridized carbons (Fsp3) is 0.167. The van der Waals surface area contributed by atoms with E-state index in [2.05, 4.69) is 42.6 Å². The molecule has 0 radical (unpaired) electrons. The third-order valence-electron chi connectivity index (χ3n) is 5.97. The van der Waals surface area contributed by atoms with E-state index in [-0.39, 0.29) is 6.61 Å². The van der Waals surface area contributed by atoms with Gasteiger partial charge in [-0.3, -0.25) is 0 Å². The number of thiazole rings is 1. The minimum atomic E-state index is -0.393. The van der Waals surface area contributed by atoms with Crippen molar-refractivity contribution in [1.82, 2.24) is 4.98 Å². The average molecular weight is 568 g/mol. The zero-order valence-corrected chi connectivity index (χ0v) is 23.2. The molecule has 1 N–H and O–H groups in total. The number of aryl methyl sites for hydroxylation is 1. The van der Waals surface area contributed by atoms with Crippen LogP contribution in [0, 0.1) is 12.7 Å². The number of benzene rings is 4. The van der Waals surface area contributed by atoms with E-state index in [0.717, 1.165) is 27.3 Å². The summed E-state index contributed by atoms with van der Waals surface area (Å²) in [4.78, 5) is 4.77. The predicted molar refractivity (Wildman–Crippen MR) is 155 cm³/mol. The highest BCUT2D eigenvalue weighted by molar-refractivity contribution is 7.21. The highest BCUT2D eigenvalue weighted by atomic mass is 35.5. The predicted octanol–water partition coefficient (Wildman–Crippen LogP) is 9.31. The quantitative estimate of drug-likeness (QED) is 0.193. The summed E-state index contributed by atoms with van der Waals surface area (Å²) in [5.41, 5.74) is 5.83. The van der Waals surface area contributed by atoms with Gasteiger partial charge < -0.3 is 14.8 Å². The van der Waals surface area contributed by atoms with Gasteiger partial charge >= 0.3 is 0 Å². The second-order valence-corrected chi connectivity index (χ2v) is 10.6. The lowest BCUT2D eigenvalue weighted by atomic mass is 10.1. The number of rotatable bonds is 9. The van der Waals surface area contributed by atoms with Crippen molar-refractivity contribution in [3.63, 3.8) is 0 Å². The molecule has 0 aliphatic heterocycles. The van der Waals surface area contributed by atoms with Crippen molar-refractivity contribution in [2.75, 3.05) is 11.9 Å². The summed E-state index contributed by atoms with van der Waals surface area (Å²) in [5.74, 6) is 0.680. The van der Waals surface area contributed by atoms with E-state index in [9.17, 15) is 4.39 Å². The highest BCUT2D eigenvalue weighted by Crippen LogP contribution is 2.36. The van der Waals surface area contributed by atoms with Gasteiger partial charge in [0.2, 0.25) is 0 Å². The largest absolute Gasteiger partial charge is 0.490 e. The molecule has 1 heterocycles. The lowest BCUT2D eigenvalue weighted by Crippen LogP contribution is -2.04. The van der Waals surface area contributed by atoms with Gasteiger partial charge in [-0.25, -0.2) is 9.37 Å². The SMILES string of the molecule is CCOc1cc(CNc2ccc(-c3nc4ccc(C)cc4s3)cc2)c(Cl)cc1OCc1ccc(F)cc1Cl. The molecule has 194 valence electrons. The van der Waals surface area contributed by atoms with E-state index in [1.165, 1.54) is 22.4 Å². The first-order chi connectivity index (χ1) is 18.4. The monoisotopic (exact) mass is 566 g/mol. The van der Waals surface area contributed by atoms with Crippen LogP contribution < -0.4 is 14.8 Å². The number of hydrogen-bond donors (Lipinski definition) is 1. The lowest BCUT2D eigenvalue weighted by molar-refractivity contribution is 0.269. The van der Waals surface area contributed by atoms with Crippen molar-refractivity contribution in [1.29, 1.82) is 0 Å². The molecular weight excluding hydrogens is 542 g/mol. The van der Waals surface area contributed by atoms with Gasteiger partial charge in [-0.1, -0.05) is 35.3 Å².